The van der Waals surface area contributed by atoms with E-state index in [0.29, 0.717) is 18.1 Å². The summed E-state index contributed by atoms with van der Waals surface area (Å²) < 4.78 is 11.0. The van der Waals surface area contributed by atoms with Crippen molar-refractivity contribution in [3.8, 4) is 0 Å². The third-order valence-corrected chi connectivity index (χ3v) is 6.12. The summed E-state index contributed by atoms with van der Waals surface area (Å²) in [5, 5.41) is 8.11. The highest BCUT2D eigenvalue weighted by Crippen LogP contribution is 2.20. The summed E-state index contributed by atoms with van der Waals surface area (Å²) in [5.74, 6) is -0.605. The van der Waals surface area contributed by atoms with E-state index in [9.17, 15) is 9.59 Å². The molecule has 8 nitrogen and oxygen atoms in total. The summed E-state index contributed by atoms with van der Waals surface area (Å²) in [5.41, 5.74) is 1.84. The average molecular weight is 469 g/mol. The topological polar surface area (TPSA) is 96.7 Å². The van der Waals surface area contributed by atoms with Gasteiger partial charge in [0, 0.05) is 31.4 Å². The van der Waals surface area contributed by atoms with Gasteiger partial charge in [0.1, 0.15) is 6.04 Å². The molecule has 0 spiro atoms. The van der Waals surface area contributed by atoms with Crippen LogP contribution < -0.4 is 10.6 Å². The van der Waals surface area contributed by atoms with E-state index in [1.54, 1.807) is 12.1 Å². The Bertz CT molecular complexity index is 1040. The second kappa shape index (κ2) is 10.7. The molecule has 1 aliphatic heterocycles. The Morgan fingerprint density at radius 2 is 1.91 bits per heavy atom. The van der Waals surface area contributed by atoms with Crippen LogP contribution in [0.4, 0.5) is 5.13 Å². The monoisotopic (exact) mass is 468 g/mol. The molecule has 3 aromatic rings. The molecule has 2 N–H and O–H groups in total. The molecule has 174 valence electrons. The van der Waals surface area contributed by atoms with Crippen LogP contribution in [-0.4, -0.2) is 53.0 Å². The number of benzene rings is 1. The number of rotatable bonds is 8. The van der Waals surface area contributed by atoms with Crippen LogP contribution in [0.15, 0.2) is 58.5 Å². The van der Waals surface area contributed by atoms with Crippen molar-refractivity contribution in [1.82, 2.24) is 15.2 Å². The van der Waals surface area contributed by atoms with E-state index in [1.165, 1.54) is 17.6 Å². The lowest BCUT2D eigenvalue weighted by Gasteiger charge is -2.34. The van der Waals surface area contributed by atoms with E-state index >= 15 is 0 Å². The number of furan rings is 1. The van der Waals surface area contributed by atoms with Gasteiger partial charge in [0.25, 0.3) is 5.91 Å². The van der Waals surface area contributed by atoms with Crippen molar-refractivity contribution in [1.29, 1.82) is 0 Å². The fourth-order valence-corrected chi connectivity index (χ4v) is 4.67. The van der Waals surface area contributed by atoms with Crippen LogP contribution in [0.1, 0.15) is 35.7 Å². The Morgan fingerprint density at radius 1 is 1.15 bits per heavy atom. The maximum atomic E-state index is 13.1. The van der Waals surface area contributed by atoms with Crippen molar-refractivity contribution in [2.75, 3.05) is 18.4 Å². The standard InChI is InChI=1S/C24H28N4O4S/c1-16-12-28(13-17(2)32-16)14-19-15-33-24(25-19)27-22(29)20(11-18-7-4-3-5-8-18)26-23(30)21-9-6-10-31-21/h3-10,15-17,20H,11-14H2,1-2H3,(H,26,30)(H,25,27,29)/t16-,17+,20-/m0/s1. The molecular formula is C24H28N4O4S. The van der Waals surface area contributed by atoms with E-state index < -0.39 is 11.9 Å². The largest absolute Gasteiger partial charge is 0.459 e. The van der Waals surface area contributed by atoms with E-state index in [0.717, 1.165) is 24.3 Å². The lowest BCUT2D eigenvalue weighted by Crippen LogP contribution is -2.45. The maximum absolute atomic E-state index is 13.1. The molecule has 3 atom stereocenters. The van der Waals surface area contributed by atoms with Gasteiger partial charge in [-0.25, -0.2) is 4.98 Å². The van der Waals surface area contributed by atoms with Crippen LogP contribution in [0.3, 0.4) is 0 Å². The summed E-state index contributed by atoms with van der Waals surface area (Å²) in [6.45, 7) is 6.54. The zero-order chi connectivity index (χ0) is 23.2. The summed E-state index contributed by atoms with van der Waals surface area (Å²) >= 11 is 1.38. The van der Waals surface area contributed by atoms with Crippen molar-refractivity contribution in [3.05, 3.63) is 71.1 Å². The van der Waals surface area contributed by atoms with Crippen molar-refractivity contribution in [2.24, 2.45) is 0 Å². The number of hydrogen-bond acceptors (Lipinski definition) is 7. The van der Waals surface area contributed by atoms with Crippen LogP contribution >= 0.6 is 11.3 Å². The highest BCUT2D eigenvalue weighted by atomic mass is 32.1. The minimum Gasteiger partial charge on any atom is -0.459 e. The quantitative estimate of drug-likeness (QED) is 0.527. The van der Waals surface area contributed by atoms with Crippen LogP contribution in [0, 0.1) is 0 Å². The first-order valence-corrected chi connectivity index (χ1v) is 11.9. The first-order chi connectivity index (χ1) is 16.0. The molecule has 4 rings (SSSR count). The number of carbonyl (C=O) groups excluding carboxylic acids is 2. The highest BCUT2D eigenvalue weighted by Gasteiger charge is 2.25. The number of carbonyl (C=O) groups is 2. The summed E-state index contributed by atoms with van der Waals surface area (Å²) in [7, 11) is 0. The number of ether oxygens (including phenoxy) is 1. The van der Waals surface area contributed by atoms with Gasteiger partial charge in [-0.15, -0.1) is 11.3 Å². The normalized spacial score (nSPS) is 19.7. The van der Waals surface area contributed by atoms with Crippen molar-refractivity contribution in [2.45, 2.75) is 45.1 Å². The predicted octanol–water partition coefficient (Wildman–Crippen LogP) is 3.33. The van der Waals surface area contributed by atoms with Gasteiger partial charge >= 0.3 is 0 Å². The summed E-state index contributed by atoms with van der Waals surface area (Å²) in [6.07, 6.45) is 2.14. The van der Waals surface area contributed by atoms with E-state index in [-0.39, 0.29) is 23.9 Å². The van der Waals surface area contributed by atoms with Crippen molar-refractivity contribution < 1.29 is 18.7 Å². The maximum Gasteiger partial charge on any atom is 0.287 e. The zero-order valence-electron chi connectivity index (χ0n) is 18.7. The Kier molecular flexibility index (Phi) is 7.54. The lowest BCUT2D eigenvalue weighted by atomic mass is 10.1. The molecule has 0 aliphatic carbocycles. The first kappa shape index (κ1) is 23.2. The molecule has 9 heteroatoms. The Hall–Kier alpha value is -3.01. The summed E-state index contributed by atoms with van der Waals surface area (Å²) in [4.78, 5) is 32.5. The fourth-order valence-electron chi connectivity index (χ4n) is 3.97. The van der Waals surface area contributed by atoms with Crippen molar-refractivity contribution in [3.63, 3.8) is 0 Å². The molecule has 2 aromatic heterocycles. The third kappa shape index (κ3) is 6.50. The van der Waals surface area contributed by atoms with Gasteiger partial charge in [0.2, 0.25) is 5.91 Å². The third-order valence-electron chi connectivity index (χ3n) is 5.31. The molecule has 1 aromatic carbocycles. The fraction of sp³-hybridized carbons (Fsp3) is 0.375. The molecule has 33 heavy (non-hydrogen) atoms. The van der Waals surface area contributed by atoms with Gasteiger partial charge < -0.3 is 19.8 Å². The van der Waals surface area contributed by atoms with Gasteiger partial charge in [0.05, 0.1) is 24.2 Å². The molecule has 3 heterocycles. The average Bonchev–Trinajstić information content (AvgIpc) is 3.46. The molecular weight excluding hydrogens is 440 g/mol. The number of thiazole rings is 1. The van der Waals surface area contributed by atoms with Crippen molar-refractivity contribution >= 4 is 28.3 Å². The number of hydrogen-bond donors (Lipinski definition) is 2. The second-order valence-corrected chi connectivity index (χ2v) is 9.14. The van der Waals surface area contributed by atoms with Crippen LogP contribution in [-0.2, 0) is 22.5 Å². The molecule has 1 aliphatic rings. The van der Waals surface area contributed by atoms with Gasteiger partial charge in [-0.1, -0.05) is 30.3 Å². The van der Waals surface area contributed by atoms with Gasteiger partial charge in [0.15, 0.2) is 10.9 Å². The zero-order valence-corrected chi connectivity index (χ0v) is 19.5. The molecule has 0 radical (unpaired) electrons. The Morgan fingerprint density at radius 3 is 2.61 bits per heavy atom. The minimum atomic E-state index is -0.779. The Labute approximate surface area is 197 Å². The molecule has 0 saturated carbocycles. The number of nitrogens with one attached hydrogen (secondary N) is 2. The lowest BCUT2D eigenvalue weighted by molar-refractivity contribution is -0.118. The number of nitrogens with zero attached hydrogens (tertiary/aromatic N) is 2. The SMILES string of the molecule is C[C@@H]1CN(Cc2csc(NC(=O)[C@H](Cc3ccccc3)NC(=O)c3ccco3)n2)C[C@H](C)O1. The van der Waals surface area contributed by atoms with E-state index in [4.69, 9.17) is 9.15 Å². The minimum absolute atomic E-state index is 0.159. The Balaban J connectivity index is 1.41. The van der Waals surface area contributed by atoms with Gasteiger partial charge in [-0.3, -0.25) is 14.5 Å². The van der Waals surface area contributed by atoms with Crippen LogP contribution in [0.2, 0.25) is 0 Å². The number of anilines is 1. The van der Waals surface area contributed by atoms with Crippen LogP contribution in [0.5, 0.6) is 0 Å². The smallest absolute Gasteiger partial charge is 0.287 e. The van der Waals surface area contributed by atoms with Gasteiger partial charge in [-0.2, -0.15) is 0 Å². The predicted molar refractivity (Wildman–Crippen MR) is 126 cm³/mol. The number of amides is 2. The highest BCUT2D eigenvalue weighted by molar-refractivity contribution is 7.13. The second-order valence-electron chi connectivity index (χ2n) is 8.28. The van der Waals surface area contributed by atoms with Crippen LogP contribution in [0.25, 0.3) is 0 Å². The van der Waals surface area contributed by atoms with Gasteiger partial charge in [-0.05, 0) is 31.5 Å². The molecule has 0 unspecified atom stereocenters. The molecule has 1 fully saturated rings. The molecule has 2 amide bonds. The molecule has 0 bridgehead atoms. The van der Waals surface area contributed by atoms with E-state index in [2.05, 4.69) is 34.4 Å². The number of aromatic nitrogens is 1. The van der Waals surface area contributed by atoms with E-state index in [1.807, 2.05) is 35.7 Å². The number of morpholine rings is 1. The first-order valence-electron chi connectivity index (χ1n) is 11.0. The summed E-state index contributed by atoms with van der Waals surface area (Å²) in [6, 6.07) is 12.0. The molecule has 1 saturated heterocycles.